The van der Waals surface area contributed by atoms with Crippen LogP contribution in [0.1, 0.15) is 42.1 Å². The van der Waals surface area contributed by atoms with Gasteiger partial charge in [-0.05, 0) is 43.9 Å². The van der Waals surface area contributed by atoms with Crippen LogP contribution in [0.2, 0.25) is 0 Å². The van der Waals surface area contributed by atoms with Crippen molar-refractivity contribution in [2.24, 2.45) is 0 Å². The van der Waals surface area contributed by atoms with Crippen LogP contribution in [0.3, 0.4) is 0 Å². The molecule has 7 heteroatoms. The number of carbonyl (C=O) groups is 2. The van der Waals surface area contributed by atoms with Crippen LogP contribution in [0.4, 0.5) is 0 Å². The maximum atomic E-state index is 13.1. The smallest absolute Gasteiger partial charge is 0.243 e. The molecule has 29 heavy (non-hydrogen) atoms. The van der Waals surface area contributed by atoms with E-state index in [0.717, 1.165) is 18.4 Å². The van der Waals surface area contributed by atoms with Gasteiger partial charge < -0.3 is 5.32 Å². The predicted octanol–water partition coefficient (Wildman–Crippen LogP) is 2.79. The van der Waals surface area contributed by atoms with Gasteiger partial charge in [0.25, 0.3) is 0 Å². The standard InChI is InChI=1S/C22H26N2O4S/c1-17(25)19-10-12-20(13-11-19)29(27,28)24-16-6-5-9-21(24)22(26)23-15-14-18-7-3-2-4-8-18/h2-4,7-8,10-13,21H,5-6,9,14-16H2,1H3,(H,23,26). The van der Waals surface area contributed by atoms with Gasteiger partial charge in [-0.1, -0.05) is 48.9 Å². The lowest BCUT2D eigenvalue weighted by molar-refractivity contribution is -0.125. The van der Waals surface area contributed by atoms with Gasteiger partial charge in [-0.3, -0.25) is 9.59 Å². The lowest BCUT2D eigenvalue weighted by Crippen LogP contribution is -2.52. The van der Waals surface area contributed by atoms with E-state index >= 15 is 0 Å². The Balaban J connectivity index is 1.70. The van der Waals surface area contributed by atoms with Crippen molar-refractivity contribution in [3.8, 4) is 0 Å². The SMILES string of the molecule is CC(=O)c1ccc(S(=O)(=O)N2CCCCC2C(=O)NCCc2ccccc2)cc1. The van der Waals surface area contributed by atoms with Gasteiger partial charge in [0.15, 0.2) is 5.78 Å². The molecule has 3 rings (SSSR count). The number of Topliss-reactive ketones (excluding diaryl/α,β-unsaturated/α-hetero) is 1. The number of amides is 1. The van der Waals surface area contributed by atoms with Crippen molar-refractivity contribution in [3.05, 3.63) is 65.7 Å². The van der Waals surface area contributed by atoms with Crippen molar-refractivity contribution >= 4 is 21.7 Å². The minimum Gasteiger partial charge on any atom is -0.354 e. The van der Waals surface area contributed by atoms with E-state index < -0.39 is 16.1 Å². The largest absolute Gasteiger partial charge is 0.354 e. The second kappa shape index (κ2) is 9.33. The van der Waals surface area contributed by atoms with Crippen LogP contribution in [0.25, 0.3) is 0 Å². The van der Waals surface area contributed by atoms with Crippen LogP contribution in [-0.2, 0) is 21.2 Å². The summed E-state index contributed by atoms with van der Waals surface area (Å²) in [6.45, 7) is 2.21. The molecule has 0 aliphatic carbocycles. The van der Waals surface area contributed by atoms with E-state index in [2.05, 4.69) is 5.32 Å². The molecule has 2 aromatic rings. The fraction of sp³-hybridized carbons (Fsp3) is 0.364. The molecule has 1 heterocycles. The lowest BCUT2D eigenvalue weighted by atomic mass is 10.0. The predicted molar refractivity (Wildman–Crippen MR) is 111 cm³/mol. The number of hydrogen-bond donors (Lipinski definition) is 1. The lowest BCUT2D eigenvalue weighted by Gasteiger charge is -2.33. The third-order valence-electron chi connectivity index (χ3n) is 5.18. The number of hydrogen-bond acceptors (Lipinski definition) is 4. The topological polar surface area (TPSA) is 83.6 Å². The molecule has 0 saturated carbocycles. The maximum Gasteiger partial charge on any atom is 0.243 e. The van der Waals surface area contributed by atoms with Crippen LogP contribution >= 0.6 is 0 Å². The number of sulfonamides is 1. The normalized spacial score (nSPS) is 17.6. The Morgan fingerprint density at radius 2 is 1.72 bits per heavy atom. The molecule has 2 aromatic carbocycles. The highest BCUT2D eigenvalue weighted by Gasteiger charge is 2.37. The van der Waals surface area contributed by atoms with Crippen LogP contribution in [0.15, 0.2) is 59.5 Å². The third-order valence-corrected chi connectivity index (χ3v) is 7.10. The average Bonchev–Trinajstić information content (AvgIpc) is 2.74. The van der Waals surface area contributed by atoms with Crippen LogP contribution in [-0.4, -0.2) is 43.5 Å². The summed E-state index contributed by atoms with van der Waals surface area (Å²) in [6.07, 6.45) is 2.73. The molecule has 6 nitrogen and oxygen atoms in total. The highest BCUT2D eigenvalue weighted by atomic mass is 32.2. The number of rotatable bonds is 7. The quantitative estimate of drug-likeness (QED) is 0.706. The van der Waals surface area contributed by atoms with Gasteiger partial charge in [0, 0.05) is 18.7 Å². The second-order valence-corrected chi connectivity index (χ2v) is 9.13. The zero-order valence-corrected chi connectivity index (χ0v) is 17.3. The zero-order valence-electron chi connectivity index (χ0n) is 16.5. The molecule has 1 aliphatic rings. The molecule has 1 fully saturated rings. The number of ketones is 1. The maximum absolute atomic E-state index is 13.1. The van der Waals surface area contributed by atoms with Gasteiger partial charge in [0.1, 0.15) is 6.04 Å². The Morgan fingerprint density at radius 1 is 1.03 bits per heavy atom. The molecular weight excluding hydrogens is 388 g/mol. The van der Waals surface area contributed by atoms with Gasteiger partial charge >= 0.3 is 0 Å². The highest BCUT2D eigenvalue weighted by Crippen LogP contribution is 2.26. The van der Waals surface area contributed by atoms with E-state index in [9.17, 15) is 18.0 Å². The van der Waals surface area contributed by atoms with E-state index in [1.807, 2.05) is 30.3 Å². The first-order valence-electron chi connectivity index (χ1n) is 9.84. The second-order valence-electron chi connectivity index (χ2n) is 7.23. The summed E-state index contributed by atoms with van der Waals surface area (Å²) < 4.78 is 27.6. The monoisotopic (exact) mass is 414 g/mol. The first-order chi connectivity index (χ1) is 13.9. The van der Waals surface area contributed by atoms with Crippen molar-refractivity contribution in [2.45, 2.75) is 43.5 Å². The van der Waals surface area contributed by atoms with E-state index in [1.54, 1.807) is 0 Å². The molecule has 1 aliphatic heterocycles. The summed E-state index contributed by atoms with van der Waals surface area (Å²) in [7, 11) is -3.81. The molecule has 1 unspecified atom stereocenters. The average molecular weight is 415 g/mol. The summed E-state index contributed by atoms with van der Waals surface area (Å²) >= 11 is 0. The van der Waals surface area contributed by atoms with Crippen LogP contribution in [0.5, 0.6) is 0 Å². The molecule has 0 radical (unpaired) electrons. The number of nitrogens with zero attached hydrogens (tertiary/aromatic N) is 1. The molecule has 1 amide bonds. The Kier molecular flexibility index (Phi) is 6.82. The Hall–Kier alpha value is -2.51. The Morgan fingerprint density at radius 3 is 2.38 bits per heavy atom. The fourth-order valence-corrected chi connectivity index (χ4v) is 5.20. The fourth-order valence-electron chi connectivity index (χ4n) is 3.54. The molecule has 0 spiro atoms. The van der Waals surface area contributed by atoms with E-state index in [4.69, 9.17) is 0 Å². The summed E-state index contributed by atoms with van der Waals surface area (Å²) in [5, 5.41) is 2.89. The Labute approximate surface area is 172 Å². The van der Waals surface area contributed by atoms with Crippen molar-refractivity contribution in [3.63, 3.8) is 0 Å². The summed E-state index contributed by atoms with van der Waals surface area (Å²) in [6, 6.07) is 15.0. The van der Waals surface area contributed by atoms with Gasteiger partial charge in [-0.25, -0.2) is 8.42 Å². The number of carbonyl (C=O) groups excluding carboxylic acids is 2. The molecule has 1 atom stereocenters. The van der Waals surface area contributed by atoms with Crippen molar-refractivity contribution in [1.29, 1.82) is 0 Å². The number of benzene rings is 2. The zero-order chi connectivity index (χ0) is 20.9. The van der Waals surface area contributed by atoms with Crippen molar-refractivity contribution in [2.75, 3.05) is 13.1 Å². The third kappa shape index (κ3) is 5.10. The minimum absolute atomic E-state index is 0.103. The number of piperidine rings is 1. The van der Waals surface area contributed by atoms with Gasteiger partial charge in [-0.15, -0.1) is 0 Å². The van der Waals surface area contributed by atoms with Gasteiger partial charge in [0.2, 0.25) is 15.9 Å². The van der Waals surface area contributed by atoms with Crippen LogP contribution in [0, 0.1) is 0 Å². The van der Waals surface area contributed by atoms with Crippen LogP contribution < -0.4 is 5.32 Å². The first-order valence-corrected chi connectivity index (χ1v) is 11.3. The number of nitrogens with one attached hydrogen (secondary N) is 1. The van der Waals surface area contributed by atoms with E-state index in [1.165, 1.54) is 35.5 Å². The highest BCUT2D eigenvalue weighted by molar-refractivity contribution is 7.89. The molecule has 0 aromatic heterocycles. The molecule has 154 valence electrons. The first kappa shape index (κ1) is 21.2. The summed E-state index contributed by atoms with van der Waals surface area (Å²) in [4.78, 5) is 24.3. The van der Waals surface area contributed by atoms with E-state index in [0.29, 0.717) is 31.5 Å². The van der Waals surface area contributed by atoms with Gasteiger partial charge in [-0.2, -0.15) is 4.31 Å². The molecule has 1 N–H and O–H groups in total. The van der Waals surface area contributed by atoms with Crippen molar-refractivity contribution < 1.29 is 18.0 Å². The van der Waals surface area contributed by atoms with E-state index in [-0.39, 0.29) is 16.6 Å². The van der Waals surface area contributed by atoms with Crippen molar-refractivity contribution in [1.82, 2.24) is 9.62 Å². The summed E-state index contributed by atoms with van der Waals surface area (Å²) in [5.41, 5.74) is 1.57. The molecular formula is C22H26N2O4S. The Bertz CT molecular complexity index is 956. The summed E-state index contributed by atoms with van der Waals surface area (Å²) in [5.74, 6) is -0.382. The minimum atomic E-state index is -3.81. The van der Waals surface area contributed by atoms with Gasteiger partial charge in [0.05, 0.1) is 4.90 Å². The molecule has 1 saturated heterocycles. The molecule has 0 bridgehead atoms.